The number of para-hydroxylation sites is 2. The maximum absolute atomic E-state index is 13.6. The van der Waals surface area contributed by atoms with E-state index in [1.54, 1.807) is 37.7 Å². The fourth-order valence-corrected chi connectivity index (χ4v) is 4.05. The molecular weight excluding hydrogens is 447 g/mol. The first-order valence-corrected chi connectivity index (χ1v) is 11.3. The van der Waals surface area contributed by atoms with Gasteiger partial charge < -0.3 is 19.9 Å². The molecule has 4 aromatic rings. The van der Waals surface area contributed by atoms with E-state index in [1.165, 1.54) is 19.1 Å². The Morgan fingerprint density at radius 3 is 2.29 bits per heavy atom. The standard InChI is InChI=1S/C27H27FN4O3/c1-18(33)30-24(19-9-13-22(35-2)14-10-19)15-27(34)31-25(20-7-11-21(28)12-8-20)16-32-17-29-23-5-3-4-6-26(23)32/h3-14,17,24-25H,15-16H2,1-2H3,(H,30,33)(H,31,34). The molecule has 3 aromatic carbocycles. The molecule has 2 unspecified atom stereocenters. The van der Waals surface area contributed by atoms with Gasteiger partial charge in [-0.25, -0.2) is 9.37 Å². The second-order valence-corrected chi connectivity index (χ2v) is 8.29. The Bertz CT molecular complexity index is 1300. The zero-order valence-corrected chi connectivity index (χ0v) is 19.6. The summed E-state index contributed by atoms with van der Waals surface area (Å²) in [7, 11) is 1.58. The molecule has 180 valence electrons. The van der Waals surface area contributed by atoms with Gasteiger partial charge in [-0.15, -0.1) is 0 Å². The molecule has 0 radical (unpaired) electrons. The van der Waals surface area contributed by atoms with Gasteiger partial charge in [0.1, 0.15) is 11.6 Å². The van der Waals surface area contributed by atoms with Crippen molar-refractivity contribution in [2.75, 3.05) is 7.11 Å². The number of imidazole rings is 1. The van der Waals surface area contributed by atoms with Crippen LogP contribution >= 0.6 is 0 Å². The van der Waals surface area contributed by atoms with Crippen molar-refractivity contribution >= 4 is 22.8 Å². The number of aromatic nitrogens is 2. The van der Waals surface area contributed by atoms with E-state index < -0.39 is 12.1 Å². The average Bonchev–Trinajstić information content (AvgIpc) is 3.26. The third kappa shape index (κ3) is 6.03. The van der Waals surface area contributed by atoms with Gasteiger partial charge in [-0.05, 0) is 47.5 Å². The van der Waals surface area contributed by atoms with Gasteiger partial charge in [0.25, 0.3) is 0 Å². The van der Waals surface area contributed by atoms with Gasteiger partial charge in [0, 0.05) is 13.5 Å². The molecule has 0 spiro atoms. The minimum absolute atomic E-state index is 0.0360. The summed E-state index contributed by atoms with van der Waals surface area (Å²) in [5, 5.41) is 5.92. The topological polar surface area (TPSA) is 85.2 Å². The first-order chi connectivity index (χ1) is 16.9. The average molecular weight is 475 g/mol. The molecule has 0 aliphatic heterocycles. The summed E-state index contributed by atoms with van der Waals surface area (Å²) in [6, 6.07) is 20.1. The lowest BCUT2D eigenvalue weighted by molar-refractivity contribution is -0.123. The SMILES string of the molecule is COc1ccc(C(CC(=O)NC(Cn2cnc3ccccc32)c2ccc(F)cc2)NC(C)=O)cc1. The highest BCUT2D eigenvalue weighted by Crippen LogP contribution is 2.23. The van der Waals surface area contributed by atoms with Crippen LogP contribution in [0.1, 0.15) is 36.6 Å². The molecule has 7 nitrogen and oxygen atoms in total. The van der Waals surface area contributed by atoms with Crippen molar-refractivity contribution in [3.8, 4) is 5.75 Å². The predicted octanol–water partition coefficient (Wildman–Crippen LogP) is 4.31. The van der Waals surface area contributed by atoms with E-state index in [-0.39, 0.29) is 24.1 Å². The van der Waals surface area contributed by atoms with Gasteiger partial charge >= 0.3 is 0 Å². The Hall–Kier alpha value is -4.20. The van der Waals surface area contributed by atoms with Crippen LogP contribution < -0.4 is 15.4 Å². The normalized spacial score (nSPS) is 12.7. The fraction of sp³-hybridized carbons (Fsp3) is 0.222. The molecule has 1 heterocycles. The van der Waals surface area contributed by atoms with Crippen molar-refractivity contribution in [3.63, 3.8) is 0 Å². The molecule has 0 saturated carbocycles. The lowest BCUT2D eigenvalue weighted by Crippen LogP contribution is -2.35. The van der Waals surface area contributed by atoms with Crippen molar-refractivity contribution in [2.45, 2.75) is 32.0 Å². The summed E-state index contributed by atoms with van der Waals surface area (Å²) in [5.74, 6) is -0.155. The molecule has 2 atom stereocenters. The van der Waals surface area contributed by atoms with Crippen LogP contribution in [0.15, 0.2) is 79.1 Å². The van der Waals surface area contributed by atoms with Crippen LogP contribution in [-0.2, 0) is 16.1 Å². The first kappa shape index (κ1) is 23.9. The third-order valence-electron chi connectivity index (χ3n) is 5.80. The summed E-state index contributed by atoms with van der Waals surface area (Å²) in [5.41, 5.74) is 3.33. The van der Waals surface area contributed by atoms with E-state index in [0.29, 0.717) is 12.3 Å². The molecule has 0 saturated heterocycles. The number of methoxy groups -OCH3 is 1. The highest BCUT2D eigenvalue weighted by Gasteiger charge is 2.21. The molecule has 1 aromatic heterocycles. The van der Waals surface area contributed by atoms with E-state index in [0.717, 1.165) is 22.2 Å². The molecule has 2 N–H and O–H groups in total. The van der Waals surface area contributed by atoms with Crippen molar-refractivity contribution in [2.24, 2.45) is 0 Å². The summed E-state index contributed by atoms with van der Waals surface area (Å²) in [6.07, 6.45) is 1.76. The summed E-state index contributed by atoms with van der Waals surface area (Å²) < 4.78 is 20.7. The van der Waals surface area contributed by atoms with E-state index >= 15 is 0 Å². The quantitative estimate of drug-likeness (QED) is 0.379. The molecule has 35 heavy (non-hydrogen) atoms. The number of fused-ring (bicyclic) bond motifs is 1. The van der Waals surface area contributed by atoms with Crippen LogP contribution in [0.3, 0.4) is 0 Å². The van der Waals surface area contributed by atoms with Gasteiger partial charge in [0.05, 0.1) is 43.0 Å². The number of nitrogens with one attached hydrogen (secondary N) is 2. The van der Waals surface area contributed by atoms with Crippen LogP contribution in [0, 0.1) is 5.82 Å². The lowest BCUT2D eigenvalue weighted by Gasteiger charge is -2.23. The largest absolute Gasteiger partial charge is 0.497 e. The number of nitrogens with zero attached hydrogens (tertiary/aromatic N) is 2. The fourth-order valence-electron chi connectivity index (χ4n) is 4.05. The summed E-state index contributed by atoms with van der Waals surface area (Å²) >= 11 is 0. The van der Waals surface area contributed by atoms with Crippen molar-refractivity contribution in [1.82, 2.24) is 20.2 Å². The number of carbonyl (C=O) groups is 2. The van der Waals surface area contributed by atoms with Crippen molar-refractivity contribution in [1.29, 1.82) is 0 Å². The van der Waals surface area contributed by atoms with Crippen molar-refractivity contribution in [3.05, 3.63) is 96.1 Å². The van der Waals surface area contributed by atoms with E-state index in [9.17, 15) is 14.0 Å². The number of hydrogen-bond donors (Lipinski definition) is 2. The van der Waals surface area contributed by atoms with E-state index in [2.05, 4.69) is 15.6 Å². The molecule has 0 fully saturated rings. The van der Waals surface area contributed by atoms with Crippen LogP contribution in [0.25, 0.3) is 11.0 Å². The summed E-state index contributed by atoms with van der Waals surface area (Å²) in [4.78, 5) is 29.4. The lowest BCUT2D eigenvalue weighted by atomic mass is 10.0. The van der Waals surface area contributed by atoms with Gasteiger partial charge in [0.2, 0.25) is 11.8 Å². The van der Waals surface area contributed by atoms with Crippen LogP contribution in [0.2, 0.25) is 0 Å². The Balaban J connectivity index is 1.56. The first-order valence-electron chi connectivity index (χ1n) is 11.3. The maximum atomic E-state index is 13.6. The molecular formula is C27H27FN4O3. The Morgan fingerprint density at radius 2 is 1.60 bits per heavy atom. The van der Waals surface area contributed by atoms with Crippen molar-refractivity contribution < 1.29 is 18.7 Å². The molecule has 4 rings (SSSR count). The second kappa shape index (κ2) is 10.8. The molecule has 0 aliphatic carbocycles. The van der Waals surface area contributed by atoms with Gasteiger partial charge in [-0.1, -0.05) is 36.4 Å². The molecule has 8 heteroatoms. The van der Waals surface area contributed by atoms with Crippen LogP contribution in [0.5, 0.6) is 5.75 Å². The second-order valence-electron chi connectivity index (χ2n) is 8.29. The van der Waals surface area contributed by atoms with Gasteiger partial charge in [0.15, 0.2) is 0 Å². The molecule has 0 bridgehead atoms. The highest BCUT2D eigenvalue weighted by molar-refractivity contribution is 5.79. The molecule has 0 aliphatic rings. The predicted molar refractivity (Wildman–Crippen MR) is 131 cm³/mol. The minimum Gasteiger partial charge on any atom is -0.497 e. The minimum atomic E-state index is -0.513. The smallest absolute Gasteiger partial charge is 0.222 e. The zero-order valence-electron chi connectivity index (χ0n) is 19.6. The Labute approximate surface area is 202 Å². The van der Waals surface area contributed by atoms with E-state index in [1.807, 2.05) is 41.0 Å². The monoisotopic (exact) mass is 474 g/mol. The summed E-state index contributed by atoms with van der Waals surface area (Å²) in [6.45, 7) is 1.82. The number of carbonyl (C=O) groups excluding carboxylic acids is 2. The Morgan fingerprint density at radius 1 is 0.943 bits per heavy atom. The van der Waals surface area contributed by atoms with Gasteiger partial charge in [-0.3, -0.25) is 9.59 Å². The Kier molecular flexibility index (Phi) is 7.40. The zero-order chi connectivity index (χ0) is 24.8. The maximum Gasteiger partial charge on any atom is 0.222 e. The number of amides is 2. The number of rotatable bonds is 9. The number of benzene rings is 3. The third-order valence-corrected chi connectivity index (χ3v) is 5.80. The van der Waals surface area contributed by atoms with E-state index in [4.69, 9.17) is 4.74 Å². The van der Waals surface area contributed by atoms with Crippen LogP contribution in [-0.4, -0.2) is 28.5 Å². The van der Waals surface area contributed by atoms with Crippen LogP contribution in [0.4, 0.5) is 4.39 Å². The molecule has 2 amide bonds. The number of hydrogen-bond acceptors (Lipinski definition) is 4. The number of halogens is 1. The number of ether oxygens (including phenoxy) is 1. The highest BCUT2D eigenvalue weighted by atomic mass is 19.1. The van der Waals surface area contributed by atoms with Gasteiger partial charge in [-0.2, -0.15) is 0 Å².